The van der Waals surface area contributed by atoms with Crippen LogP contribution in [0.4, 0.5) is 5.82 Å². The van der Waals surface area contributed by atoms with Crippen molar-refractivity contribution >= 4 is 28.3 Å². The maximum atomic E-state index is 9.73. The van der Waals surface area contributed by atoms with Crippen molar-refractivity contribution in [3.05, 3.63) is 17.4 Å². The van der Waals surface area contributed by atoms with Gasteiger partial charge >= 0.3 is 0 Å². The number of hydrogen-bond donors (Lipinski definition) is 1. The van der Waals surface area contributed by atoms with Gasteiger partial charge in [-0.15, -0.1) is 0 Å². The molecule has 1 fully saturated rings. The number of β-amino-alcohol motifs (C(OH)–C–C–N with tert-alkyl or cyclic N) is 1. The fourth-order valence-corrected chi connectivity index (χ4v) is 2.82. The fraction of sp³-hybridized carbons (Fsp3) is 0.571. The predicted octanol–water partition coefficient (Wildman–Crippen LogP) is 2.63. The highest BCUT2D eigenvalue weighted by atomic mass is 35.5. The molecule has 3 rings (SSSR count). The zero-order valence-electron chi connectivity index (χ0n) is 11.8. The predicted molar refractivity (Wildman–Crippen MR) is 80.4 cm³/mol. The monoisotopic (exact) mass is 294 g/mol. The lowest BCUT2D eigenvalue weighted by atomic mass is 10.2. The summed E-state index contributed by atoms with van der Waals surface area (Å²) < 4.78 is 2.02. The molecule has 0 saturated carbocycles. The number of aromatic nitrogens is 3. The first-order valence-electron chi connectivity index (χ1n) is 7.07. The summed E-state index contributed by atoms with van der Waals surface area (Å²) in [5.74, 6) is 0.904. The second-order valence-electron chi connectivity index (χ2n) is 5.44. The largest absolute Gasteiger partial charge is 0.391 e. The second kappa shape index (κ2) is 5.22. The molecule has 2 aromatic rings. The lowest BCUT2D eigenvalue weighted by Gasteiger charge is -2.15. The zero-order valence-corrected chi connectivity index (χ0v) is 12.5. The first kappa shape index (κ1) is 13.6. The van der Waals surface area contributed by atoms with E-state index in [0.29, 0.717) is 17.7 Å². The normalized spacial score (nSPS) is 20.8. The van der Waals surface area contributed by atoms with Crippen LogP contribution in [-0.2, 0) is 0 Å². The summed E-state index contributed by atoms with van der Waals surface area (Å²) in [7, 11) is 0. The molecule has 1 unspecified atom stereocenters. The summed E-state index contributed by atoms with van der Waals surface area (Å²) in [6.45, 7) is 5.75. The van der Waals surface area contributed by atoms with Gasteiger partial charge in [-0.25, -0.2) is 4.98 Å². The Bertz CT molecular complexity index is 627. The minimum Gasteiger partial charge on any atom is -0.391 e. The molecule has 1 N–H and O–H groups in total. The summed E-state index contributed by atoms with van der Waals surface area (Å²) in [6.07, 6.45) is 3.31. The van der Waals surface area contributed by atoms with Gasteiger partial charge in [0.2, 0.25) is 0 Å². The maximum absolute atomic E-state index is 9.73. The number of fused-ring (bicyclic) bond motifs is 1. The number of rotatable bonds is 3. The molecule has 1 saturated heterocycles. The van der Waals surface area contributed by atoms with Crippen LogP contribution in [0.5, 0.6) is 0 Å². The van der Waals surface area contributed by atoms with Gasteiger partial charge in [-0.2, -0.15) is 5.10 Å². The van der Waals surface area contributed by atoms with Crippen molar-refractivity contribution in [1.29, 1.82) is 0 Å². The Kier molecular flexibility index (Phi) is 3.56. The van der Waals surface area contributed by atoms with Gasteiger partial charge in [-0.3, -0.25) is 4.68 Å². The second-order valence-corrected chi connectivity index (χ2v) is 5.83. The van der Waals surface area contributed by atoms with Crippen molar-refractivity contribution < 1.29 is 5.11 Å². The topological polar surface area (TPSA) is 54.2 Å². The van der Waals surface area contributed by atoms with Gasteiger partial charge in [0.05, 0.1) is 17.0 Å². The van der Waals surface area contributed by atoms with Crippen molar-refractivity contribution in [2.24, 2.45) is 0 Å². The van der Waals surface area contributed by atoms with Gasteiger partial charge in [0.15, 0.2) is 5.82 Å². The van der Waals surface area contributed by atoms with E-state index >= 15 is 0 Å². The lowest BCUT2D eigenvalue weighted by Crippen LogP contribution is -2.22. The third-order valence-electron chi connectivity index (χ3n) is 4.01. The van der Waals surface area contributed by atoms with Crippen LogP contribution in [-0.4, -0.2) is 39.1 Å². The standard InChI is InChI=1S/C14H19ClN4O/c1-3-9(2)19-12-6-13(15)16-7-11(12)14(17-19)18-5-4-10(20)8-18/h6-7,9-10,20H,3-5,8H2,1-2H3/t9?,10-/m0/s1. The molecule has 6 heteroatoms. The van der Waals surface area contributed by atoms with Crippen LogP contribution >= 0.6 is 11.6 Å². The first-order chi connectivity index (χ1) is 9.60. The Hall–Kier alpha value is -1.33. The number of pyridine rings is 1. The smallest absolute Gasteiger partial charge is 0.160 e. The van der Waals surface area contributed by atoms with Crippen molar-refractivity contribution in [3.63, 3.8) is 0 Å². The number of hydrogen-bond acceptors (Lipinski definition) is 4. The molecule has 0 aliphatic carbocycles. The quantitative estimate of drug-likeness (QED) is 0.884. The van der Waals surface area contributed by atoms with Gasteiger partial charge in [0, 0.05) is 31.4 Å². The highest BCUT2D eigenvalue weighted by molar-refractivity contribution is 6.30. The van der Waals surface area contributed by atoms with E-state index in [-0.39, 0.29) is 6.10 Å². The number of anilines is 1. The van der Waals surface area contributed by atoms with E-state index in [0.717, 1.165) is 36.1 Å². The molecule has 2 aromatic heterocycles. The third kappa shape index (κ3) is 2.25. The minimum absolute atomic E-state index is 0.265. The summed E-state index contributed by atoms with van der Waals surface area (Å²) in [4.78, 5) is 6.31. The van der Waals surface area contributed by atoms with Gasteiger partial charge in [-0.1, -0.05) is 18.5 Å². The number of nitrogens with zero attached hydrogens (tertiary/aromatic N) is 4. The molecule has 0 aromatic carbocycles. The van der Waals surface area contributed by atoms with Gasteiger partial charge in [0.1, 0.15) is 5.15 Å². The van der Waals surface area contributed by atoms with Crippen LogP contribution in [0, 0.1) is 0 Å². The Morgan fingerprint density at radius 2 is 2.35 bits per heavy atom. The molecule has 3 heterocycles. The summed E-state index contributed by atoms with van der Waals surface area (Å²) in [6, 6.07) is 2.17. The van der Waals surface area contributed by atoms with Crippen LogP contribution in [0.3, 0.4) is 0 Å². The summed E-state index contributed by atoms with van der Waals surface area (Å²) in [5, 5.41) is 16.0. The lowest BCUT2D eigenvalue weighted by molar-refractivity contribution is 0.198. The molecule has 108 valence electrons. The molecule has 0 radical (unpaired) electrons. The van der Waals surface area contributed by atoms with E-state index in [1.165, 1.54) is 0 Å². The zero-order chi connectivity index (χ0) is 14.3. The number of aliphatic hydroxyl groups is 1. The molecule has 1 aliphatic rings. The minimum atomic E-state index is -0.265. The summed E-state index contributed by atoms with van der Waals surface area (Å²) >= 11 is 6.02. The molecule has 2 atom stereocenters. The van der Waals surface area contributed by atoms with E-state index in [1.807, 2.05) is 10.7 Å². The van der Waals surface area contributed by atoms with Crippen LogP contribution < -0.4 is 4.90 Å². The average molecular weight is 295 g/mol. The first-order valence-corrected chi connectivity index (χ1v) is 7.44. The molecule has 0 amide bonds. The van der Waals surface area contributed by atoms with Crippen LogP contribution in [0.2, 0.25) is 5.15 Å². The Morgan fingerprint density at radius 3 is 3.00 bits per heavy atom. The van der Waals surface area contributed by atoms with Gasteiger partial charge in [-0.05, 0) is 19.8 Å². The molecule has 0 spiro atoms. The number of halogens is 1. The van der Waals surface area contributed by atoms with E-state index < -0.39 is 0 Å². The average Bonchev–Trinajstić information content (AvgIpc) is 3.01. The van der Waals surface area contributed by atoms with Crippen molar-refractivity contribution in [2.75, 3.05) is 18.0 Å². The molecule has 0 bridgehead atoms. The number of aliphatic hydroxyl groups excluding tert-OH is 1. The van der Waals surface area contributed by atoms with Crippen LogP contribution in [0.25, 0.3) is 10.9 Å². The van der Waals surface area contributed by atoms with Crippen LogP contribution in [0.15, 0.2) is 12.3 Å². The van der Waals surface area contributed by atoms with Crippen molar-refractivity contribution in [1.82, 2.24) is 14.8 Å². The molecule has 20 heavy (non-hydrogen) atoms. The highest BCUT2D eigenvalue weighted by Crippen LogP contribution is 2.31. The molecule has 1 aliphatic heterocycles. The maximum Gasteiger partial charge on any atom is 0.160 e. The van der Waals surface area contributed by atoms with Crippen molar-refractivity contribution in [2.45, 2.75) is 38.8 Å². The molecule has 5 nitrogen and oxygen atoms in total. The Labute approximate surface area is 123 Å². The Morgan fingerprint density at radius 1 is 1.55 bits per heavy atom. The van der Waals surface area contributed by atoms with E-state index in [1.54, 1.807) is 6.20 Å². The third-order valence-corrected chi connectivity index (χ3v) is 4.22. The SMILES string of the molecule is CCC(C)n1nc(N2CC[C@H](O)C2)c2cnc(Cl)cc21. The molecular formula is C14H19ClN4O. The van der Waals surface area contributed by atoms with Crippen molar-refractivity contribution in [3.8, 4) is 0 Å². The summed E-state index contributed by atoms with van der Waals surface area (Å²) in [5.41, 5.74) is 1.01. The fourth-order valence-electron chi connectivity index (χ4n) is 2.67. The van der Waals surface area contributed by atoms with Gasteiger partial charge < -0.3 is 10.0 Å². The van der Waals surface area contributed by atoms with E-state index in [4.69, 9.17) is 16.7 Å². The van der Waals surface area contributed by atoms with E-state index in [2.05, 4.69) is 23.7 Å². The highest BCUT2D eigenvalue weighted by Gasteiger charge is 2.25. The van der Waals surface area contributed by atoms with Crippen LogP contribution in [0.1, 0.15) is 32.7 Å². The van der Waals surface area contributed by atoms with E-state index in [9.17, 15) is 5.11 Å². The Balaban J connectivity index is 2.12. The molecular weight excluding hydrogens is 276 g/mol. The van der Waals surface area contributed by atoms with Gasteiger partial charge in [0.25, 0.3) is 0 Å².